The molecule has 0 heterocycles. The summed E-state index contributed by atoms with van der Waals surface area (Å²) in [5, 5.41) is 2.89. The lowest BCUT2D eigenvalue weighted by Gasteiger charge is -2.25. The molecule has 0 spiro atoms. The molecule has 1 N–H and O–H groups in total. The molecule has 0 bridgehead atoms. The van der Waals surface area contributed by atoms with Crippen LogP contribution in [-0.4, -0.2) is 39.1 Å². The molecule has 0 aliphatic heterocycles. The molecule has 0 saturated carbocycles. The Labute approximate surface area is 166 Å². The molecule has 2 aromatic rings. The van der Waals surface area contributed by atoms with Crippen molar-refractivity contribution >= 4 is 17.5 Å². The first-order valence-corrected chi connectivity index (χ1v) is 9.19. The molecule has 2 amide bonds. The van der Waals surface area contributed by atoms with E-state index in [1.54, 1.807) is 31.3 Å². The summed E-state index contributed by atoms with van der Waals surface area (Å²) < 4.78 is 10.5. The Morgan fingerprint density at radius 1 is 1.00 bits per heavy atom. The van der Waals surface area contributed by atoms with Crippen molar-refractivity contribution in [3.8, 4) is 11.5 Å². The average Bonchev–Trinajstić information content (AvgIpc) is 2.66. The van der Waals surface area contributed by atoms with Gasteiger partial charge in [0.1, 0.15) is 0 Å². The largest absolute Gasteiger partial charge is 0.493 e. The zero-order valence-corrected chi connectivity index (χ0v) is 17.2. The van der Waals surface area contributed by atoms with Gasteiger partial charge in [0.05, 0.1) is 20.6 Å². The summed E-state index contributed by atoms with van der Waals surface area (Å²) in [7, 11) is 3.13. The van der Waals surface area contributed by atoms with E-state index >= 15 is 0 Å². The number of anilines is 1. The van der Waals surface area contributed by atoms with Crippen molar-refractivity contribution in [2.45, 2.75) is 27.2 Å². The van der Waals surface area contributed by atoms with Crippen LogP contribution in [0.5, 0.6) is 11.5 Å². The molecule has 0 fully saturated rings. The number of carbonyl (C=O) groups excluding carboxylic acids is 2. The third kappa shape index (κ3) is 5.25. The number of ether oxygens (including phenoxy) is 2. The van der Waals surface area contributed by atoms with E-state index in [0.717, 1.165) is 22.4 Å². The van der Waals surface area contributed by atoms with Crippen molar-refractivity contribution < 1.29 is 19.1 Å². The zero-order chi connectivity index (χ0) is 20.7. The number of amides is 2. The minimum Gasteiger partial charge on any atom is -0.493 e. The van der Waals surface area contributed by atoms with Crippen LogP contribution < -0.4 is 19.7 Å². The molecule has 0 aliphatic carbocycles. The molecular weight excluding hydrogens is 356 g/mol. The second-order valence-electron chi connectivity index (χ2n) is 6.63. The summed E-state index contributed by atoms with van der Waals surface area (Å²) in [6.07, 6.45) is 0.226. The molecule has 0 aliphatic rings. The van der Waals surface area contributed by atoms with Gasteiger partial charge in [0, 0.05) is 25.7 Å². The standard InChI is InChI=1S/C22H28N2O4/c1-15-7-6-8-16(2)22(15)24(17(3)25)12-11-23-21(26)14-18-9-10-19(27-4)20(13-18)28-5/h6-10,13H,11-12,14H2,1-5H3,(H,23,26). The fourth-order valence-corrected chi connectivity index (χ4v) is 3.20. The maximum Gasteiger partial charge on any atom is 0.224 e. The van der Waals surface area contributed by atoms with Gasteiger partial charge < -0.3 is 19.7 Å². The van der Waals surface area contributed by atoms with Crippen LogP contribution in [-0.2, 0) is 16.0 Å². The van der Waals surface area contributed by atoms with Gasteiger partial charge in [-0.25, -0.2) is 0 Å². The maximum atomic E-state index is 12.3. The summed E-state index contributed by atoms with van der Waals surface area (Å²) in [4.78, 5) is 26.1. The normalized spacial score (nSPS) is 10.3. The predicted octanol–water partition coefficient (Wildman–Crippen LogP) is 3.03. The molecule has 2 rings (SSSR count). The average molecular weight is 384 g/mol. The van der Waals surface area contributed by atoms with Gasteiger partial charge in [-0.2, -0.15) is 0 Å². The molecule has 0 saturated heterocycles. The van der Waals surface area contributed by atoms with Crippen LogP contribution in [0.15, 0.2) is 36.4 Å². The Morgan fingerprint density at radius 2 is 1.64 bits per heavy atom. The third-order valence-electron chi connectivity index (χ3n) is 4.56. The van der Waals surface area contributed by atoms with Crippen molar-refractivity contribution in [3.05, 3.63) is 53.1 Å². The first kappa shape index (κ1) is 21.3. The van der Waals surface area contributed by atoms with E-state index in [0.29, 0.717) is 24.6 Å². The fraction of sp³-hybridized carbons (Fsp3) is 0.364. The van der Waals surface area contributed by atoms with E-state index in [4.69, 9.17) is 9.47 Å². The highest BCUT2D eigenvalue weighted by molar-refractivity contribution is 5.93. The molecule has 150 valence electrons. The molecule has 2 aromatic carbocycles. The van der Waals surface area contributed by atoms with E-state index in [9.17, 15) is 9.59 Å². The van der Waals surface area contributed by atoms with Crippen molar-refractivity contribution in [1.29, 1.82) is 0 Å². The van der Waals surface area contributed by atoms with Crippen molar-refractivity contribution in [2.24, 2.45) is 0 Å². The van der Waals surface area contributed by atoms with Crippen LogP contribution in [0.1, 0.15) is 23.6 Å². The number of rotatable bonds is 8. The minimum absolute atomic E-state index is 0.0495. The lowest BCUT2D eigenvalue weighted by atomic mass is 10.1. The van der Waals surface area contributed by atoms with Gasteiger partial charge in [-0.3, -0.25) is 9.59 Å². The Morgan fingerprint density at radius 3 is 2.21 bits per heavy atom. The fourth-order valence-electron chi connectivity index (χ4n) is 3.20. The van der Waals surface area contributed by atoms with Crippen LogP contribution in [0.3, 0.4) is 0 Å². The van der Waals surface area contributed by atoms with Crippen LogP contribution >= 0.6 is 0 Å². The monoisotopic (exact) mass is 384 g/mol. The lowest BCUT2D eigenvalue weighted by molar-refractivity contribution is -0.121. The SMILES string of the molecule is COc1ccc(CC(=O)NCCN(C(C)=O)c2c(C)cccc2C)cc1OC. The highest BCUT2D eigenvalue weighted by Crippen LogP contribution is 2.27. The second kappa shape index (κ2) is 9.78. The summed E-state index contributed by atoms with van der Waals surface area (Å²) >= 11 is 0. The van der Waals surface area contributed by atoms with Gasteiger partial charge in [0.15, 0.2) is 11.5 Å². The van der Waals surface area contributed by atoms with Crippen molar-refractivity contribution in [1.82, 2.24) is 5.32 Å². The first-order chi connectivity index (χ1) is 13.4. The Bertz CT molecular complexity index is 828. The van der Waals surface area contributed by atoms with Crippen LogP contribution in [0.4, 0.5) is 5.69 Å². The number of hydrogen-bond donors (Lipinski definition) is 1. The number of carbonyl (C=O) groups is 2. The van der Waals surface area contributed by atoms with Crippen molar-refractivity contribution in [3.63, 3.8) is 0 Å². The number of nitrogens with zero attached hydrogens (tertiary/aromatic N) is 1. The smallest absolute Gasteiger partial charge is 0.224 e. The van der Waals surface area contributed by atoms with Crippen LogP contribution in [0.2, 0.25) is 0 Å². The van der Waals surface area contributed by atoms with Gasteiger partial charge >= 0.3 is 0 Å². The van der Waals surface area contributed by atoms with Crippen LogP contribution in [0.25, 0.3) is 0 Å². The lowest BCUT2D eigenvalue weighted by Crippen LogP contribution is -2.38. The minimum atomic E-state index is -0.114. The molecule has 6 nitrogen and oxygen atoms in total. The number of hydrogen-bond acceptors (Lipinski definition) is 4. The van der Waals surface area contributed by atoms with Gasteiger partial charge in [-0.05, 0) is 42.7 Å². The summed E-state index contributed by atoms with van der Waals surface area (Å²) in [5.41, 5.74) is 3.80. The van der Waals surface area contributed by atoms with E-state index in [1.165, 1.54) is 6.92 Å². The Kier molecular flexibility index (Phi) is 7.44. The number of aryl methyl sites for hydroxylation is 2. The number of nitrogens with one attached hydrogen (secondary N) is 1. The zero-order valence-electron chi connectivity index (χ0n) is 17.2. The summed E-state index contributed by atoms with van der Waals surface area (Å²) in [6.45, 7) is 6.29. The van der Waals surface area contributed by atoms with Gasteiger partial charge in [0.25, 0.3) is 0 Å². The van der Waals surface area contributed by atoms with E-state index in [1.807, 2.05) is 38.1 Å². The van der Waals surface area contributed by atoms with E-state index in [-0.39, 0.29) is 18.2 Å². The second-order valence-corrected chi connectivity index (χ2v) is 6.63. The topological polar surface area (TPSA) is 67.9 Å². The van der Waals surface area contributed by atoms with Crippen molar-refractivity contribution in [2.75, 3.05) is 32.2 Å². The Hall–Kier alpha value is -3.02. The maximum absolute atomic E-state index is 12.3. The summed E-state index contributed by atoms with van der Waals surface area (Å²) in [5.74, 6) is 1.05. The molecule has 0 radical (unpaired) electrons. The highest BCUT2D eigenvalue weighted by atomic mass is 16.5. The molecule has 28 heavy (non-hydrogen) atoms. The molecule has 6 heteroatoms. The highest BCUT2D eigenvalue weighted by Gasteiger charge is 2.16. The number of para-hydroxylation sites is 1. The van der Waals surface area contributed by atoms with Crippen LogP contribution in [0, 0.1) is 13.8 Å². The van der Waals surface area contributed by atoms with E-state index in [2.05, 4.69) is 5.32 Å². The molecule has 0 unspecified atom stereocenters. The van der Waals surface area contributed by atoms with Gasteiger partial charge in [-0.15, -0.1) is 0 Å². The number of methoxy groups -OCH3 is 2. The van der Waals surface area contributed by atoms with Gasteiger partial charge in [0.2, 0.25) is 11.8 Å². The molecule has 0 atom stereocenters. The quantitative estimate of drug-likeness (QED) is 0.760. The molecule has 0 aromatic heterocycles. The third-order valence-corrected chi connectivity index (χ3v) is 4.56. The predicted molar refractivity (Wildman–Crippen MR) is 110 cm³/mol. The summed E-state index contributed by atoms with van der Waals surface area (Å²) in [6, 6.07) is 11.3. The molecular formula is C22H28N2O4. The Balaban J connectivity index is 1.97. The van der Waals surface area contributed by atoms with E-state index < -0.39 is 0 Å². The first-order valence-electron chi connectivity index (χ1n) is 9.19. The number of benzene rings is 2. The van der Waals surface area contributed by atoms with Gasteiger partial charge in [-0.1, -0.05) is 24.3 Å².